The van der Waals surface area contributed by atoms with E-state index < -0.39 is 5.82 Å². The first-order valence-corrected chi connectivity index (χ1v) is 3.41. The fourth-order valence-corrected chi connectivity index (χ4v) is 0.917. The third kappa shape index (κ3) is 1.48. The number of halogens is 1. The molecule has 0 spiro atoms. The molecular formula is C8H10FNO2. The van der Waals surface area contributed by atoms with Crippen LogP contribution >= 0.6 is 0 Å². The van der Waals surface area contributed by atoms with E-state index in [-0.39, 0.29) is 17.9 Å². The number of rotatable bonds is 2. The highest BCUT2D eigenvalue weighted by Crippen LogP contribution is 2.24. The molecule has 0 aliphatic carbocycles. The van der Waals surface area contributed by atoms with Crippen molar-refractivity contribution < 1.29 is 14.2 Å². The molecule has 0 bridgehead atoms. The maximum absolute atomic E-state index is 12.9. The Morgan fingerprint density at radius 2 is 2.25 bits per heavy atom. The summed E-state index contributed by atoms with van der Waals surface area (Å²) < 4.78 is 17.7. The number of hydrogen-bond donors (Lipinski definition) is 2. The molecular weight excluding hydrogens is 161 g/mol. The van der Waals surface area contributed by atoms with Gasteiger partial charge >= 0.3 is 0 Å². The van der Waals surface area contributed by atoms with Gasteiger partial charge in [0.05, 0.1) is 19.4 Å². The lowest BCUT2D eigenvalue weighted by molar-refractivity contribution is 0.275. The average molecular weight is 171 g/mol. The van der Waals surface area contributed by atoms with Crippen LogP contribution in [-0.2, 0) is 6.61 Å². The number of aliphatic hydroxyl groups is 1. The van der Waals surface area contributed by atoms with Gasteiger partial charge in [0.15, 0.2) is 0 Å². The Hall–Kier alpha value is -1.29. The van der Waals surface area contributed by atoms with Gasteiger partial charge in [-0.3, -0.25) is 0 Å². The molecule has 0 fully saturated rings. The summed E-state index contributed by atoms with van der Waals surface area (Å²) in [6.45, 7) is -0.361. The third-order valence-corrected chi connectivity index (χ3v) is 1.57. The van der Waals surface area contributed by atoms with Crippen molar-refractivity contribution in [2.75, 3.05) is 12.8 Å². The van der Waals surface area contributed by atoms with Gasteiger partial charge in [0.2, 0.25) is 0 Å². The highest BCUT2D eigenvalue weighted by atomic mass is 19.1. The van der Waals surface area contributed by atoms with Crippen LogP contribution in [-0.4, -0.2) is 12.2 Å². The predicted octanol–water partition coefficient (Wildman–Crippen LogP) is 0.909. The van der Waals surface area contributed by atoms with Gasteiger partial charge in [-0.2, -0.15) is 0 Å². The van der Waals surface area contributed by atoms with Gasteiger partial charge < -0.3 is 15.6 Å². The molecule has 1 rings (SSSR count). The van der Waals surface area contributed by atoms with E-state index in [2.05, 4.69) is 0 Å². The second kappa shape index (κ2) is 3.40. The van der Waals surface area contributed by atoms with Crippen molar-refractivity contribution in [3.05, 3.63) is 23.5 Å². The molecule has 66 valence electrons. The van der Waals surface area contributed by atoms with E-state index in [0.717, 1.165) is 6.07 Å². The second-order valence-electron chi connectivity index (χ2n) is 2.34. The van der Waals surface area contributed by atoms with Gasteiger partial charge in [-0.1, -0.05) is 0 Å². The minimum atomic E-state index is -0.511. The Morgan fingerprint density at radius 3 is 2.75 bits per heavy atom. The highest BCUT2D eigenvalue weighted by Gasteiger charge is 2.06. The van der Waals surface area contributed by atoms with Gasteiger partial charge in [-0.15, -0.1) is 0 Å². The van der Waals surface area contributed by atoms with E-state index in [1.807, 2.05) is 0 Å². The third-order valence-electron chi connectivity index (χ3n) is 1.57. The summed E-state index contributed by atoms with van der Waals surface area (Å²) in [5, 5.41) is 8.67. The lowest BCUT2D eigenvalue weighted by Crippen LogP contribution is -1.97. The first kappa shape index (κ1) is 8.80. The van der Waals surface area contributed by atoms with Crippen LogP contribution in [0.4, 0.5) is 10.1 Å². The van der Waals surface area contributed by atoms with Gasteiger partial charge in [0.1, 0.15) is 11.6 Å². The Labute approximate surface area is 69.6 Å². The molecule has 0 heterocycles. The summed E-state index contributed by atoms with van der Waals surface area (Å²) in [7, 11) is 1.41. The van der Waals surface area contributed by atoms with E-state index >= 15 is 0 Å². The number of nitrogen functional groups attached to an aromatic ring is 1. The molecule has 0 unspecified atom stereocenters. The summed E-state index contributed by atoms with van der Waals surface area (Å²) in [5.74, 6) is -0.228. The molecule has 1 aromatic carbocycles. The highest BCUT2D eigenvalue weighted by molar-refractivity contribution is 5.54. The Bertz CT molecular complexity index is 259. The Kier molecular flexibility index (Phi) is 2.50. The topological polar surface area (TPSA) is 55.5 Å². The van der Waals surface area contributed by atoms with Crippen molar-refractivity contribution in [1.82, 2.24) is 0 Å². The fourth-order valence-electron chi connectivity index (χ4n) is 0.917. The molecule has 0 radical (unpaired) electrons. The molecule has 0 amide bonds. The van der Waals surface area contributed by atoms with Crippen molar-refractivity contribution in [2.45, 2.75) is 6.61 Å². The quantitative estimate of drug-likeness (QED) is 0.650. The minimum Gasteiger partial charge on any atom is -0.494 e. The van der Waals surface area contributed by atoms with Gasteiger partial charge in [0.25, 0.3) is 0 Å². The SMILES string of the molecule is COc1cc(F)c(CO)cc1N. The van der Waals surface area contributed by atoms with Gasteiger partial charge in [-0.05, 0) is 6.07 Å². The fraction of sp³-hybridized carbons (Fsp3) is 0.250. The van der Waals surface area contributed by atoms with Gasteiger partial charge in [0, 0.05) is 11.6 Å². The smallest absolute Gasteiger partial charge is 0.144 e. The number of nitrogens with two attached hydrogens (primary N) is 1. The minimum absolute atomic E-state index is 0.174. The summed E-state index contributed by atoms with van der Waals surface area (Å²) in [6, 6.07) is 2.51. The van der Waals surface area contributed by atoms with E-state index in [9.17, 15) is 4.39 Å². The standard InChI is InChI=1S/C8H10FNO2/c1-12-8-3-6(9)5(4-11)2-7(8)10/h2-3,11H,4,10H2,1H3. The van der Waals surface area contributed by atoms with Crippen LogP contribution in [0, 0.1) is 5.82 Å². The van der Waals surface area contributed by atoms with Gasteiger partial charge in [-0.25, -0.2) is 4.39 Å². The lowest BCUT2D eigenvalue weighted by Gasteiger charge is -2.06. The van der Waals surface area contributed by atoms with Crippen LogP contribution in [0.2, 0.25) is 0 Å². The van der Waals surface area contributed by atoms with Crippen LogP contribution in [0.25, 0.3) is 0 Å². The zero-order valence-electron chi connectivity index (χ0n) is 6.67. The molecule has 12 heavy (non-hydrogen) atoms. The van der Waals surface area contributed by atoms with Crippen LogP contribution in [0.15, 0.2) is 12.1 Å². The largest absolute Gasteiger partial charge is 0.494 e. The second-order valence-corrected chi connectivity index (χ2v) is 2.34. The maximum atomic E-state index is 12.9. The molecule has 4 heteroatoms. The van der Waals surface area contributed by atoms with Crippen molar-refractivity contribution in [1.29, 1.82) is 0 Å². The molecule has 0 aliphatic rings. The average Bonchev–Trinajstić information content (AvgIpc) is 2.08. The first-order chi connectivity index (χ1) is 5.69. The lowest BCUT2D eigenvalue weighted by atomic mass is 10.2. The number of benzene rings is 1. The number of aliphatic hydroxyl groups excluding tert-OH is 1. The summed E-state index contributed by atoms with van der Waals surface area (Å²) in [5.41, 5.74) is 5.97. The van der Waals surface area contributed by atoms with Crippen molar-refractivity contribution in [2.24, 2.45) is 0 Å². The summed E-state index contributed by atoms with van der Waals surface area (Å²) >= 11 is 0. The van der Waals surface area contributed by atoms with Crippen LogP contribution in [0.1, 0.15) is 5.56 Å². The van der Waals surface area contributed by atoms with Crippen LogP contribution in [0.5, 0.6) is 5.75 Å². The Balaban J connectivity index is 3.16. The zero-order valence-corrected chi connectivity index (χ0v) is 6.67. The predicted molar refractivity (Wildman–Crippen MR) is 43.3 cm³/mol. The molecule has 3 N–H and O–H groups in total. The summed E-state index contributed by atoms with van der Waals surface area (Å²) in [6.07, 6.45) is 0. The number of methoxy groups -OCH3 is 1. The first-order valence-electron chi connectivity index (χ1n) is 3.41. The van der Waals surface area contributed by atoms with E-state index in [1.54, 1.807) is 0 Å². The molecule has 0 atom stereocenters. The molecule has 0 saturated carbocycles. The van der Waals surface area contributed by atoms with E-state index in [1.165, 1.54) is 13.2 Å². The normalized spacial score (nSPS) is 9.92. The molecule has 0 aliphatic heterocycles. The monoisotopic (exact) mass is 171 g/mol. The number of anilines is 1. The Morgan fingerprint density at radius 1 is 1.58 bits per heavy atom. The summed E-state index contributed by atoms with van der Waals surface area (Å²) in [4.78, 5) is 0. The number of hydrogen-bond acceptors (Lipinski definition) is 3. The van der Waals surface area contributed by atoms with Crippen LogP contribution < -0.4 is 10.5 Å². The molecule has 1 aromatic rings. The van der Waals surface area contributed by atoms with Crippen molar-refractivity contribution >= 4 is 5.69 Å². The van der Waals surface area contributed by atoms with Crippen LogP contribution in [0.3, 0.4) is 0 Å². The molecule has 0 saturated heterocycles. The zero-order chi connectivity index (χ0) is 9.14. The maximum Gasteiger partial charge on any atom is 0.144 e. The molecule has 0 aromatic heterocycles. The van der Waals surface area contributed by atoms with Crippen molar-refractivity contribution in [3.8, 4) is 5.75 Å². The van der Waals surface area contributed by atoms with E-state index in [0.29, 0.717) is 5.69 Å². The molecule has 3 nitrogen and oxygen atoms in total. The van der Waals surface area contributed by atoms with E-state index in [4.69, 9.17) is 15.6 Å². The number of ether oxygens (including phenoxy) is 1. The van der Waals surface area contributed by atoms with Crippen molar-refractivity contribution in [3.63, 3.8) is 0 Å².